The first-order valence-corrected chi connectivity index (χ1v) is 9.77. The number of rotatable bonds is 8. The Morgan fingerprint density at radius 2 is 1.63 bits per heavy atom. The lowest BCUT2D eigenvalue weighted by Gasteiger charge is -2.10. The summed E-state index contributed by atoms with van der Waals surface area (Å²) >= 11 is 0. The standard InChI is InChI=1S/C24H22N4O2/c29-23(18-30-21-11-9-20(10-12-21)19-6-2-1-3-7-19)26-14-16-28-17-15-27-24(28)22-8-4-5-13-25-22/h1-13,15,17H,14,16,18H2,(H,26,29). The molecule has 150 valence electrons. The average molecular weight is 398 g/mol. The highest BCUT2D eigenvalue weighted by Crippen LogP contribution is 2.22. The topological polar surface area (TPSA) is 69.0 Å². The second-order valence-electron chi connectivity index (χ2n) is 6.69. The minimum Gasteiger partial charge on any atom is -0.484 e. The van der Waals surface area contributed by atoms with E-state index >= 15 is 0 Å². The van der Waals surface area contributed by atoms with E-state index in [0.29, 0.717) is 18.8 Å². The molecule has 0 unspecified atom stereocenters. The number of benzene rings is 2. The molecule has 2 heterocycles. The fourth-order valence-corrected chi connectivity index (χ4v) is 3.11. The number of aromatic nitrogens is 3. The predicted octanol–water partition coefficient (Wildman–Crippen LogP) is 3.81. The van der Waals surface area contributed by atoms with E-state index in [2.05, 4.69) is 27.4 Å². The van der Waals surface area contributed by atoms with E-state index in [4.69, 9.17) is 4.74 Å². The number of hydrogen-bond donors (Lipinski definition) is 1. The summed E-state index contributed by atoms with van der Waals surface area (Å²) in [6, 6.07) is 23.5. The highest BCUT2D eigenvalue weighted by atomic mass is 16.5. The Morgan fingerprint density at radius 3 is 2.40 bits per heavy atom. The summed E-state index contributed by atoms with van der Waals surface area (Å²) in [5, 5.41) is 2.87. The molecule has 0 fully saturated rings. The van der Waals surface area contributed by atoms with Gasteiger partial charge in [-0.2, -0.15) is 0 Å². The van der Waals surface area contributed by atoms with Crippen LogP contribution in [0.2, 0.25) is 0 Å². The zero-order chi connectivity index (χ0) is 20.6. The van der Waals surface area contributed by atoms with Gasteiger partial charge in [-0.3, -0.25) is 9.78 Å². The van der Waals surface area contributed by atoms with E-state index in [-0.39, 0.29) is 12.5 Å². The fraction of sp³-hybridized carbons (Fsp3) is 0.125. The van der Waals surface area contributed by atoms with Crippen molar-refractivity contribution < 1.29 is 9.53 Å². The maximum Gasteiger partial charge on any atom is 0.258 e. The molecule has 30 heavy (non-hydrogen) atoms. The second-order valence-corrected chi connectivity index (χ2v) is 6.69. The molecule has 0 aliphatic heterocycles. The molecule has 4 rings (SSSR count). The lowest BCUT2D eigenvalue weighted by atomic mass is 10.1. The van der Waals surface area contributed by atoms with Gasteiger partial charge in [0.15, 0.2) is 12.4 Å². The second kappa shape index (κ2) is 9.52. The Morgan fingerprint density at radius 1 is 0.867 bits per heavy atom. The summed E-state index contributed by atoms with van der Waals surface area (Å²) in [6.07, 6.45) is 5.34. The average Bonchev–Trinajstić information content (AvgIpc) is 3.28. The fourth-order valence-electron chi connectivity index (χ4n) is 3.11. The number of amides is 1. The largest absolute Gasteiger partial charge is 0.484 e. The molecule has 0 spiro atoms. The van der Waals surface area contributed by atoms with E-state index < -0.39 is 0 Å². The summed E-state index contributed by atoms with van der Waals surface area (Å²) in [7, 11) is 0. The third-order valence-electron chi connectivity index (χ3n) is 4.62. The Labute approximate surface area is 175 Å². The van der Waals surface area contributed by atoms with Gasteiger partial charge in [-0.1, -0.05) is 48.5 Å². The number of carbonyl (C=O) groups is 1. The van der Waals surface area contributed by atoms with E-state index in [1.165, 1.54) is 0 Å². The van der Waals surface area contributed by atoms with E-state index in [9.17, 15) is 4.79 Å². The lowest BCUT2D eigenvalue weighted by molar-refractivity contribution is -0.123. The highest BCUT2D eigenvalue weighted by molar-refractivity contribution is 5.77. The molecule has 2 aromatic carbocycles. The smallest absolute Gasteiger partial charge is 0.258 e. The van der Waals surface area contributed by atoms with E-state index in [0.717, 1.165) is 22.6 Å². The van der Waals surface area contributed by atoms with Crippen molar-refractivity contribution >= 4 is 5.91 Å². The van der Waals surface area contributed by atoms with Crippen molar-refractivity contribution in [1.82, 2.24) is 19.9 Å². The van der Waals surface area contributed by atoms with E-state index in [1.807, 2.05) is 71.4 Å². The third kappa shape index (κ3) is 4.91. The quantitative estimate of drug-likeness (QED) is 0.490. The van der Waals surface area contributed by atoms with Crippen molar-refractivity contribution in [2.24, 2.45) is 0 Å². The summed E-state index contributed by atoms with van der Waals surface area (Å²) in [5.74, 6) is 1.28. The van der Waals surface area contributed by atoms with Crippen molar-refractivity contribution in [2.75, 3.05) is 13.2 Å². The molecular formula is C24H22N4O2. The highest BCUT2D eigenvalue weighted by Gasteiger charge is 2.08. The molecular weight excluding hydrogens is 376 g/mol. The monoisotopic (exact) mass is 398 g/mol. The lowest BCUT2D eigenvalue weighted by Crippen LogP contribution is -2.31. The summed E-state index contributed by atoms with van der Waals surface area (Å²) in [4.78, 5) is 20.8. The van der Waals surface area contributed by atoms with Gasteiger partial charge in [0.1, 0.15) is 11.4 Å². The number of nitrogens with one attached hydrogen (secondary N) is 1. The summed E-state index contributed by atoms with van der Waals surface area (Å²) in [5.41, 5.74) is 3.05. The van der Waals surface area contributed by atoms with Gasteiger partial charge in [-0.25, -0.2) is 4.98 Å². The SMILES string of the molecule is O=C(COc1ccc(-c2ccccc2)cc1)NCCn1ccnc1-c1ccccn1. The molecule has 6 nitrogen and oxygen atoms in total. The Hall–Kier alpha value is -3.93. The molecule has 0 bridgehead atoms. The van der Waals surface area contributed by atoms with Crippen LogP contribution in [-0.2, 0) is 11.3 Å². The van der Waals surface area contributed by atoms with Crippen LogP contribution in [0.25, 0.3) is 22.6 Å². The number of imidazole rings is 1. The number of ether oxygens (including phenoxy) is 1. The van der Waals surface area contributed by atoms with Gasteiger partial charge in [-0.15, -0.1) is 0 Å². The first-order valence-electron chi connectivity index (χ1n) is 9.77. The zero-order valence-corrected chi connectivity index (χ0v) is 16.4. The Kier molecular flexibility index (Phi) is 6.15. The predicted molar refractivity (Wildman–Crippen MR) is 116 cm³/mol. The minimum absolute atomic E-state index is 0.0261. The zero-order valence-electron chi connectivity index (χ0n) is 16.4. The Bertz CT molecular complexity index is 1080. The third-order valence-corrected chi connectivity index (χ3v) is 4.62. The van der Waals surface area contributed by atoms with Crippen LogP contribution in [0.15, 0.2) is 91.4 Å². The van der Waals surface area contributed by atoms with Gasteiger partial charge in [0.05, 0.1) is 0 Å². The molecule has 6 heteroatoms. The number of hydrogen-bond acceptors (Lipinski definition) is 4. The first-order chi connectivity index (χ1) is 14.8. The van der Waals surface area contributed by atoms with Crippen molar-refractivity contribution in [3.63, 3.8) is 0 Å². The van der Waals surface area contributed by atoms with Gasteiger partial charge in [0, 0.05) is 31.7 Å². The van der Waals surface area contributed by atoms with Gasteiger partial charge >= 0.3 is 0 Å². The molecule has 1 N–H and O–H groups in total. The molecule has 0 aliphatic rings. The van der Waals surface area contributed by atoms with Gasteiger partial charge in [0.2, 0.25) is 0 Å². The maximum atomic E-state index is 12.1. The molecule has 4 aromatic rings. The first kappa shape index (κ1) is 19.4. The van der Waals surface area contributed by atoms with Crippen LogP contribution in [0.4, 0.5) is 0 Å². The molecule has 0 radical (unpaired) electrons. The number of pyridine rings is 1. The van der Waals surface area contributed by atoms with Crippen molar-refractivity contribution in [3.8, 4) is 28.4 Å². The van der Waals surface area contributed by atoms with Gasteiger partial charge in [-0.05, 0) is 35.4 Å². The normalized spacial score (nSPS) is 10.5. The molecule has 0 aliphatic carbocycles. The molecule has 2 aromatic heterocycles. The van der Waals surface area contributed by atoms with Crippen molar-refractivity contribution in [3.05, 3.63) is 91.4 Å². The van der Waals surface area contributed by atoms with Crippen LogP contribution in [0.5, 0.6) is 5.75 Å². The maximum absolute atomic E-state index is 12.1. The van der Waals surface area contributed by atoms with Crippen LogP contribution in [-0.4, -0.2) is 33.6 Å². The van der Waals surface area contributed by atoms with Crippen LogP contribution in [0.3, 0.4) is 0 Å². The molecule has 1 amide bonds. The van der Waals surface area contributed by atoms with Gasteiger partial charge < -0.3 is 14.6 Å². The number of nitrogens with zero attached hydrogens (tertiary/aromatic N) is 3. The molecule has 0 saturated heterocycles. The van der Waals surface area contributed by atoms with Crippen LogP contribution < -0.4 is 10.1 Å². The molecule has 0 saturated carbocycles. The summed E-state index contributed by atoms with van der Waals surface area (Å²) < 4.78 is 7.56. The minimum atomic E-state index is -0.165. The van der Waals surface area contributed by atoms with Crippen molar-refractivity contribution in [2.45, 2.75) is 6.54 Å². The molecule has 0 atom stereocenters. The van der Waals surface area contributed by atoms with Crippen LogP contribution in [0, 0.1) is 0 Å². The Balaban J connectivity index is 1.24. The van der Waals surface area contributed by atoms with Crippen LogP contribution in [0.1, 0.15) is 0 Å². The van der Waals surface area contributed by atoms with Crippen molar-refractivity contribution in [1.29, 1.82) is 0 Å². The van der Waals surface area contributed by atoms with Crippen LogP contribution >= 0.6 is 0 Å². The number of carbonyl (C=O) groups excluding carboxylic acids is 1. The summed E-state index contributed by atoms with van der Waals surface area (Å²) in [6.45, 7) is 1.05. The van der Waals surface area contributed by atoms with E-state index in [1.54, 1.807) is 12.4 Å². The van der Waals surface area contributed by atoms with Gasteiger partial charge in [0.25, 0.3) is 5.91 Å².